The third kappa shape index (κ3) is 3.48. The van der Waals surface area contributed by atoms with Crippen LogP contribution in [0.2, 0.25) is 0 Å². The SMILES string of the molecule is CC(C)CN(CC(C)C)C(=O)[C@H]1[C@@H](C(=O)O)C1(C)C. The molecule has 19 heavy (non-hydrogen) atoms. The summed E-state index contributed by atoms with van der Waals surface area (Å²) in [4.78, 5) is 25.6. The third-order valence-corrected chi connectivity index (χ3v) is 3.84. The van der Waals surface area contributed by atoms with Crippen molar-refractivity contribution in [2.45, 2.75) is 41.5 Å². The molecule has 1 N–H and O–H groups in total. The Morgan fingerprint density at radius 2 is 1.47 bits per heavy atom. The molecule has 1 aliphatic carbocycles. The van der Waals surface area contributed by atoms with Gasteiger partial charge in [-0.25, -0.2) is 0 Å². The number of nitrogens with zero attached hydrogens (tertiary/aromatic N) is 1. The van der Waals surface area contributed by atoms with Crippen LogP contribution in [0.1, 0.15) is 41.5 Å². The quantitative estimate of drug-likeness (QED) is 0.806. The molecule has 1 amide bonds. The first-order chi connectivity index (χ1) is 8.59. The van der Waals surface area contributed by atoms with Crippen LogP contribution in [0.25, 0.3) is 0 Å². The lowest BCUT2D eigenvalue weighted by Crippen LogP contribution is -2.39. The molecule has 0 aliphatic heterocycles. The molecular weight excluding hydrogens is 242 g/mol. The number of carboxylic acids is 1. The lowest BCUT2D eigenvalue weighted by atomic mass is 10.1. The fraction of sp³-hybridized carbons (Fsp3) is 0.867. The minimum absolute atomic E-state index is 0.0137. The fourth-order valence-corrected chi connectivity index (χ4v) is 2.89. The molecule has 0 saturated heterocycles. The molecule has 0 bridgehead atoms. The van der Waals surface area contributed by atoms with E-state index in [0.29, 0.717) is 24.9 Å². The van der Waals surface area contributed by atoms with Gasteiger partial charge in [0.05, 0.1) is 11.8 Å². The van der Waals surface area contributed by atoms with Crippen molar-refractivity contribution in [2.75, 3.05) is 13.1 Å². The number of carbonyl (C=O) groups is 2. The van der Waals surface area contributed by atoms with Gasteiger partial charge in [0.25, 0.3) is 0 Å². The molecule has 0 aromatic heterocycles. The Labute approximate surface area is 116 Å². The highest BCUT2D eigenvalue weighted by Crippen LogP contribution is 2.59. The molecule has 0 heterocycles. The highest BCUT2D eigenvalue weighted by Gasteiger charge is 2.66. The minimum atomic E-state index is -0.850. The molecule has 0 aromatic rings. The van der Waals surface area contributed by atoms with Gasteiger partial charge in [-0.15, -0.1) is 0 Å². The van der Waals surface area contributed by atoms with Crippen LogP contribution in [-0.2, 0) is 9.59 Å². The van der Waals surface area contributed by atoms with Gasteiger partial charge in [0.2, 0.25) is 5.91 Å². The maximum atomic E-state index is 12.6. The molecule has 0 spiro atoms. The van der Waals surface area contributed by atoms with Gasteiger partial charge in [-0.1, -0.05) is 41.5 Å². The van der Waals surface area contributed by atoms with Crippen molar-refractivity contribution in [1.82, 2.24) is 4.90 Å². The van der Waals surface area contributed by atoms with Gasteiger partial charge < -0.3 is 10.0 Å². The predicted octanol–water partition coefficient (Wildman–Crippen LogP) is 2.48. The van der Waals surface area contributed by atoms with E-state index in [4.69, 9.17) is 0 Å². The van der Waals surface area contributed by atoms with E-state index in [-0.39, 0.29) is 11.8 Å². The zero-order chi connectivity index (χ0) is 15.0. The molecular formula is C15H27NO3. The molecule has 1 saturated carbocycles. The number of amides is 1. The van der Waals surface area contributed by atoms with Crippen LogP contribution >= 0.6 is 0 Å². The first-order valence-corrected chi connectivity index (χ1v) is 7.10. The van der Waals surface area contributed by atoms with Crippen molar-refractivity contribution < 1.29 is 14.7 Å². The lowest BCUT2D eigenvalue weighted by Gasteiger charge is -2.27. The third-order valence-electron chi connectivity index (χ3n) is 3.84. The largest absolute Gasteiger partial charge is 0.481 e. The van der Waals surface area contributed by atoms with Crippen LogP contribution < -0.4 is 0 Å². The highest BCUT2D eigenvalue weighted by atomic mass is 16.4. The maximum Gasteiger partial charge on any atom is 0.307 e. The van der Waals surface area contributed by atoms with Crippen molar-refractivity contribution in [1.29, 1.82) is 0 Å². The van der Waals surface area contributed by atoms with Crippen LogP contribution in [0, 0.1) is 29.1 Å². The number of carboxylic acid groups (broad SMARTS) is 1. The van der Waals surface area contributed by atoms with E-state index in [0.717, 1.165) is 0 Å². The van der Waals surface area contributed by atoms with Gasteiger partial charge >= 0.3 is 5.97 Å². The lowest BCUT2D eigenvalue weighted by molar-refractivity contribution is -0.142. The molecule has 4 heteroatoms. The molecule has 1 fully saturated rings. The summed E-state index contributed by atoms with van der Waals surface area (Å²) in [6, 6.07) is 0. The average molecular weight is 269 g/mol. The summed E-state index contributed by atoms with van der Waals surface area (Å²) in [5.41, 5.74) is -0.408. The van der Waals surface area contributed by atoms with E-state index < -0.39 is 17.3 Å². The summed E-state index contributed by atoms with van der Waals surface area (Å²) in [5, 5.41) is 9.18. The second-order valence-corrected chi connectivity index (χ2v) is 7.15. The number of hydrogen-bond acceptors (Lipinski definition) is 2. The van der Waals surface area contributed by atoms with Crippen LogP contribution in [0.15, 0.2) is 0 Å². The first kappa shape index (κ1) is 16.0. The van der Waals surface area contributed by atoms with E-state index in [2.05, 4.69) is 27.7 Å². The van der Waals surface area contributed by atoms with E-state index in [1.807, 2.05) is 18.7 Å². The van der Waals surface area contributed by atoms with Gasteiger partial charge in [-0.2, -0.15) is 0 Å². The summed E-state index contributed by atoms with van der Waals surface area (Å²) in [7, 11) is 0. The number of aliphatic carboxylic acids is 1. The molecule has 0 aromatic carbocycles. The van der Waals surface area contributed by atoms with Gasteiger partial charge in [0, 0.05) is 13.1 Å². The van der Waals surface area contributed by atoms with Gasteiger partial charge in [-0.05, 0) is 17.3 Å². The fourth-order valence-electron chi connectivity index (χ4n) is 2.89. The summed E-state index contributed by atoms with van der Waals surface area (Å²) in [5.74, 6) is -0.929. The Kier molecular flexibility index (Phi) is 4.64. The normalized spacial score (nSPS) is 24.6. The predicted molar refractivity (Wildman–Crippen MR) is 74.7 cm³/mol. The van der Waals surface area contributed by atoms with Gasteiger partial charge in [0.15, 0.2) is 0 Å². The molecule has 1 rings (SSSR count). The number of carbonyl (C=O) groups excluding carboxylic acids is 1. The molecule has 4 nitrogen and oxygen atoms in total. The average Bonchev–Trinajstić information content (AvgIpc) is 2.78. The Balaban J connectivity index is 2.80. The topological polar surface area (TPSA) is 57.6 Å². The summed E-state index contributed by atoms with van der Waals surface area (Å²) in [6.45, 7) is 13.5. The van der Waals surface area contributed by atoms with Crippen LogP contribution in [-0.4, -0.2) is 35.0 Å². The highest BCUT2D eigenvalue weighted by molar-refractivity contribution is 5.91. The monoisotopic (exact) mass is 269 g/mol. The standard InChI is InChI=1S/C15H27NO3/c1-9(2)7-16(8-10(3)4)13(17)11-12(14(18)19)15(11,5)6/h9-12H,7-8H2,1-6H3,(H,18,19)/t11-,12+/m1/s1. The van der Waals surface area contributed by atoms with Gasteiger partial charge in [-0.3, -0.25) is 9.59 Å². The number of rotatable bonds is 6. The van der Waals surface area contributed by atoms with Crippen molar-refractivity contribution in [3.63, 3.8) is 0 Å². The maximum absolute atomic E-state index is 12.6. The second kappa shape index (κ2) is 5.51. The van der Waals surface area contributed by atoms with Crippen LogP contribution in [0.3, 0.4) is 0 Å². The van der Waals surface area contributed by atoms with Gasteiger partial charge in [0.1, 0.15) is 0 Å². The summed E-state index contributed by atoms with van der Waals surface area (Å²) in [6.07, 6.45) is 0. The zero-order valence-electron chi connectivity index (χ0n) is 12.9. The summed E-state index contributed by atoms with van der Waals surface area (Å²) >= 11 is 0. The second-order valence-electron chi connectivity index (χ2n) is 7.15. The molecule has 0 unspecified atom stereocenters. The van der Waals surface area contributed by atoms with E-state index in [1.165, 1.54) is 0 Å². The molecule has 2 atom stereocenters. The first-order valence-electron chi connectivity index (χ1n) is 7.10. The molecule has 110 valence electrons. The zero-order valence-corrected chi connectivity index (χ0v) is 12.9. The summed E-state index contributed by atoms with van der Waals surface area (Å²) < 4.78 is 0. The Morgan fingerprint density at radius 1 is 1.05 bits per heavy atom. The van der Waals surface area contributed by atoms with E-state index in [1.54, 1.807) is 0 Å². The number of hydrogen-bond donors (Lipinski definition) is 1. The molecule has 1 aliphatic rings. The van der Waals surface area contributed by atoms with Crippen molar-refractivity contribution in [3.8, 4) is 0 Å². The van der Waals surface area contributed by atoms with E-state index in [9.17, 15) is 14.7 Å². The Hall–Kier alpha value is -1.06. The van der Waals surface area contributed by atoms with Crippen molar-refractivity contribution in [3.05, 3.63) is 0 Å². The van der Waals surface area contributed by atoms with E-state index >= 15 is 0 Å². The van der Waals surface area contributed by atoms with Crippen molar-refractivity contribution >= 4 is 11.9 Å². The van der Waals surface area contributed by atoms with Crippen molar-refractivity contribution in [2.24, 2.45) is 29.1 Å². The molecule has 0 radical (unpaired) electrons. The Bertz CT molecular complexity index is 350. The van der Waals surface area contributed by atoms with Crippen LogP contribution in [0.4, 0.5) is 0 Å². The smallest absolute Gasteiger partial charge is 0.307 e. The van der Waals surface area contributed by atoms with Crippen LogP contribution in [0.5, 0.6) is 0 Å². The Morgan fingerprint density at radius 3 is 1.74 bits per heavy atom. The minimum Gasteiger partial charge on any atom is -0.481 e.